The van der Waals surface area contributed by atoms with Crippen LogP contribution in [0.2, 0.25) is 0 Å². The molecule has 0 atom stereocenters. The highest BCUT2D eigenvalue weighted by Crippen LogP contribution is 2.27. The smallest absolute Gasteiger partial charge is 0.335 e. The summed E-state index contributed by atoms with van der Waals surface area (Å²) in [7, 11) is -3.65. The molecule has 1 saturated carbocycles. The average Bonchev–Trinajstić information content (AvgIpc) is 2.48. The number of hydrogen-bond donors (Lipinski definition) is 2. The van der Waals surface area contributed by atoms with E-state index in [0.29, 0.717) is 5.92 Å². The second-order valence-electron chi connectivity index (χ2n) is 5.58. The minimum Gasteiger partial charge on any atom is -0.478 e. The van der Waals surface area contributed by atoms with Crippen LogP contribution >= 0.6 is 0 Å². The average molecular weight is 311 g/mol. The zero-order valence-electron chi connectivity index (χ0n) is 12.1. The van der Waals surface area contributed by atoms with Crippen LogP contribution in [0.3, 0.4) is 0 Å². The van der Waals surface area contributed by atoms with Crippen LogP contribution in [0.5, 0.6) is 0 Å². The molecule has 116 valence electrons. The highest BCUT2D eigenvalue weighted by molar-refractivity contribution is 7.89. The Labute approximate surface area is 125 Å². The third-order valence-electron chi connectivity index (χ3n) is 4.14. The van der Waals surface area contributed by atoms with Crippen molar-refractivity contribution in [3.8, 4) is 0 Å². The molecule has 1 aliphatic carbocycles. The third kappa shape index (κ3) is 4.04. The van der Waals surface area contributed by atoms with Crippen molar-refractivity contribution in [1.82, 2.24) is 4.72 Å². The molecule has 0 unspecified atom stereocenters. The zero-order chi connectivity index (χ0) is 15.5. The number of rotatable bonds is 5. The Morgan fingerprint density at radius 1 is 1.29 bits per heavy atom. The molecule has 1 aromatic carbocycles. The fraction of sp³-hybridized carbons (Fsp3) is 0.533. The highest BCUT2D eigenvalue weighted by atomic mass is 32.2. The van der Waals surface area contributed by atoms with Gasteiger partial charge in [0, 0.05) is 6.04 Å². The van der Waals surface area contributed by atoms with Gasteiger partial charge >= 0.3 is 5.97 Å². The number of sulfonamides is 1. The fourth-order valence-corrected chi connectivity index (χ4v) is 4.12. The van der Waals surface area contributed by atoms with Crippen LogP contribution in [0.4, 0.5) is 0 Å². The normalized spacial score (nSPS) is 22.9. The van der Waals surface area contributed by atoms with E-state index < -0.39 is 16.0 Å². The van der Waals surface area contributed by atoms with Gasteiger partial charge in [-0.05, 0) is 49.8 Å². The lowest BCUT2D eigenvalue weighted by atomic mass is 9.85. The minimum absolute atomic E-state index is 0.0139. The van der Waals surface area contributed by atoms with Gasteiger partial charge in [0.05, 0.1) is 10.5 Å². The van der Waals surface area contributed by atoms with Crippen LogP contribution in [0.15, 0.2) is 29.2 Å². The summed E-state index contributed by atoms with van der Waals surface area (Å²) in [5, 5.41) is 8.94. The lowest BCUT2D eigenvalue weighted by Gasteiger charge is -2.28. The summed E-state index contributed by atoms with van der Waals surface area (Å²) in [6, 6.07) is 5.40. The summed E-state index contributed by atoms with van der Waals surface area (Å²) in [6.07, 6.45) is 4.91. The van der Waals surface area contributed by atoms with Crippen LogP contribution in [0.1, 0.15) is 49.4 Å². The molecule has 0 aliphatic heterocycles. The van der Waals surface area contributed by atoms with E-state index in [4.69, 9.17) is 5.11 Å². The van der Waals surface area contributed by atoms with Crippen molar-refractivity contribution < 1.29 is 18.3 Å². The number of benzene rings is 1. The molecule has 1 aliphatic rings. The number of hydrogen-bond acceptors (Lipinski definition) is 3. The zero-order valence-corrected chi connectivity index (χ0v) is 12.9. The van der Waals surface area contributed by atoms with Crippen molar-refractivity contribution in [1.29, 1.82) is 0 Å². The maximum atomic E-state index is 12.3. The van der Waals surface area contributed by atoms with Gasteiger partial charge in [0.25, 0.3) is 0 Å². The summed E-state index contributed by atoms with van der Waals surface area (Å²) >= 11 is 0. The number of carboxylic acids is 1. The summed E-state index contributed by atoms with van der Waals surface area (Å²) < 4.78 is 27.3. The van der Waals surface area contributed by atoms with Crippen molar-refractivity contribution in [3.63, 3.8) is 0 Å². The largest absolute Gasteiger partial charge is 0.478 e. The molecule has 0 aromatic heterocycles. The molecule has 0 amide bonds. The van der Waals surface area contributed by atoms with Crippen molar-refractivity contribution in [2.24, 2.45) is 5.92 Å². The highest BCUT2D eigenvalue weighted by Gasteiger charge is 2.25. The molecule has 6 heteroatoms. The molecule has 0 bridgehead atoms. The summed E-state index contributed by atoms with van der Waals surface area (Å²) in [6.45, 7) is 2.16. The Bertz CT molecular complexity index is 604. The maximum Gasteiger partial charge on any atom is 0.335 e. The first kappa shape index (κ1) is 16.0. The Balaban J connectivity index is 2.08. The molecule has 1 aromatic rings. The van der Waals surface area contributed by atoms with E-state index in [2.05, 4.69) is 11.6 Å². The van der Waals surface area contributed by atoms with Crippen LogP contribution in [0.25, 0.3) is 0 Å². The van der Waals surface area contributed by atoms with Crippen LogP contribution in [0, 0.1) is 5.92 Å². The van der Waals surface area contributed by atoms with Crippen molar-refractivity contribution in [3.05, 3.63) is 29.8 Å². The van der Waals surface area contributed by atoms with Crippen LogP contribution < -0.4 is 4.72 Å². The lowest BCUT2D eigenvalue weighted by Crippen LogP contribution is -2.37. The Morgan fingerprint density at radius 2 is 1.95 bits per heavy atom. The van der Waals surface area contributed by atoms with Gasteiger partial charge < -0.3 is 5.11 Å². The topological polar surface area (TPSA) is 83.5 Å². The minimum atomic E-state index is -3.65. The molecule has 0 radical (unpaired) electrons. The van der Waals surface area contributed by atoms with E-state index in [1.807, 2.05) is 0 Å². The summed E-state index contributed by atoms with van der Waals surface area (Å²) in [5.74, 6) is -0.434. The van der Waals surface area contributed by atoms with E-state index in [-0.39, 0.29) is 16.5 Å². The van der Waals surface area contributed by atoms with Gasteiger partial charge in [0.2, 0.25) is 10.0 Å². The lowest BCUT2D eigenvalue weighted by molar-refractivity contribution is 0.0696. The SMILES string of the molecule is CCC1CCC(NS(=O)(=O)c2cccc(C(=O)O)c2)CC1. The predicted molar refractivity (Wildman–Crippen MR) is 79.8 cm³/mol. The Hall–Kier alpha value is -1.40. The fourth-order valence-electron chi connectivity index (χ4n) is 2.77. The second kappa shape index (κ2) is 6.58. The number of nitrogens with one attached hydrogen (secondary N) is 1. The first-order chi connectivity index (χ1) is 9.92. The molecule has 2 rings (SSSR count). The molecule has 0 heterocycles. The molecule has 1 fully saturated rings. The first-order valence-electron chi connectivity index (χ1n) is 7.28. The van der Waals surface area contributed by atoms with Gasteiger partial charge in [0.15, 0.2) is 0 Å². The van der Waals surface area contributed by atoms with Crippen LogP contribution in [-0.4, -0.2) is 25.5 Å². The number of aromatic carboxylic acids is 1. The summed E-state index contributed by atoms with van der Waals surface area (Å²) in [5.41, 5.74) is -0.0208. The first-order valence-corrected chi connectivity index (χ1v) is 8.76. The van der Waals surface area contributed by atoms with E-state index in [0.717, 1.165) is 32.1 Å². The van der Waals surface area contributed by atoms with Gasteiger partial charge in [0.1, 0.15) is 0 Å². The van der Waals surface area contributed by atoms with Gasteiger partial charge in [-0.2, -0.15) is 0 Å². The van der Waals surface area contributed by atoms with Gasteiger partial charge in [-0.25, -0.2) is 17.9 Å². The van der Waals surface area contributed by atoms with Gasteiger partial charge in [-0.15, -0.1) is 0 Å². The van der Waals surface area contributed by atoms with E-state index in [1.165, 1.54) is 24.3 Å². The molecule has 0 saturated heterocycles. The second-order valence-corrected chi connectivity index (χ2v) is 7.29. The van der Waals surface area contributed by atoms with Crippen molar-refractivity contribution >= 4 is 16.0 Å². The van der Waals surface area contributed by atoms with Gasteiger partial charge in [-0.1, -0.05) is 19.4 Å². The predicted octanol–water partition coefficient (Wildman–Crippen LogP) is 2.63. The standard InChI is InChI=1S/C15H21NO4S/c1-2-11-6-8-13(9-7-11)16-21(19,20)14-5-3-4-12(10-14)15(17)18/h3-5,10-11,13,16H,2,6-9H2,1H3,(H,17,18). The van der Waals surface area contributed by atoms with E-state index in [9.17, 15) is 13.2 Å². The van der Waals surface area contributed by atoms with Gasteiger partial charge in [-0.3, -0.25) is 0 Å². The van der Waals surface area contributed by atoms with E-state index in [1.54, 1.807) is 0 Å². The van der Waals surface area contributed by atoms with Crippen molar-refractivity contribution in [2.75, 3.05) is 0 Å². The Morgan fingerprint density at radius 3 is 2.52 bits per heavy atom. The number of carboxylic acid groups (broad SMARTS) is 1. The van der Waals surface area contributed by atoms with Crippen molar-refractivity contribution in [2.45, 2.75) is 50.0 Å². The summed E-state index contributed by atoms with van der Waals surface area (Å²) in [4.78, 5) is 10.9. The molecule has 21 heavy (non-hydrogen) atoms. The maximum absolute atomic E-state index is 12.3. The van der Waals surface area contributed by atoms with Crippen LogP contribution in [-0.2, 0) is 10.0 Å². The quantitative estimate of drug-likeness (QED) is 0.875. The number of carbonyl (C=O) groups is 1. The van der Waals surface area contributed by atoms with E-state index >= 15 is 0 Å². The molecule has 5 nitrogen and oxygen atoms in total. The molecular formula is C15H21NO4S. The molecule has 2 N–H and O–H groups in total. The monoisotopic (exact) mass is 311 g/mol. The molecule has 0 spiro atoms. The third-order valence-corrected chi connectivity index (χ3v) is 5.66. The molecular weight excluding hydrogens is 290 g/mol. The Kier molecular flexibility index (Phi) is 5.00.